The summed E-state index contributed by atoms with van der Waals surface area (Å²) in [5.41, 5.74) is 1.19. The molecule has 3 nitrogen and oxygen atoms in total. The minimum absolute atomic E-state index is 0.362. The number of benzene rings is 1. The van der Waals surface area contributed by atoms with Crippen LogP contribution in [0.1, 0.15) is 25.8 Å². The van der Waals surface area contributed by atoms with Gasteiger partial charge in [0, 0.05) is 32.2 Å². The van der Waals surface area contributed by atoms with Crippen LogP contribution in [-0.4, -0.2) is 35.7 Å². The van der Waals surface area contributed by atoms with E-state index >= 15 is 0 Å². The fourth-order valence-corrected chi connectivity index (χ4v) is 2.68. The molecule has 1 aliphatic heterocycles. The zero-order valence-electron chi connectivity index (χ0n) is 11.4. The number of phenols is 1. The molecule has 0 aromatic heterocycles. The van der Waals surface area contributed by atoms with Crippen molar-refractivity contribution in [3.8, 4) is 5.75 Å². The van der Waals surface area contributed by atoms with Gasteiger partial charge >= 0.3 is 0 Å². The Balaban J connectivity index is 1.89. The highest BCUT2D eigenvalue weighted by Gasteiger charge is 2.19. The second-order valence-electron chi connectivity index (χ2n) is 5.69. The van der Waals surface area contributed by atoms with E-state index in [9.17, 15) is 5.11 Å². The Bertz CT molecular complexity index is 379. The number of nitrogens with one attached hydrogen (secondary N) is 1. The molecule has 0 amide bonds. The summed E-state index contributed by atoms with van der Waals surface area (Å²) in [7, 11) is 0. The maximum absolute atomic E-state index is 9.48. The van der Waals surface area contributed by atoms with Crippen molar-refractivity contribution < 1.29 is 5.11 Å². The van der Waals surface area contributed by atoms with E-state index in [1.165, 1.54) is 12.0 Å². The number of nitrogens with zero attached hydrogens (tertiary/aromatic N) is 1. The van der Waals surface area contributed by atoms with Crippen molar-refractivity contribution in [1.82, 2.24) is 10.2 Å². The van der Waals surface area contributed by atoms with Gasteiger partial charge in [0.1, 0.15) is 5.75 Å². The third kappa shape index (κ3) is 4.00. The standard InChI is InChI=1S/C15H24N2O/c1-12(2)8-14-11-17(7-6-16-14)10-13-4-3-5-15(18)9-13/h3-5,9,12,14,16,18H,6-8,10-11H2,1-2H3. The van der Waals surface area contributed by atoms with Crippen LogP contribution in [0.3, 0.4) is 0 Å². The van der Waals surface area contributed by atoms with Crippen molar-refractivity contribution in [3.63, 3.8) is 0 Å². The minimum Gasteiger partial charge on any atom is -0.508 e. The Kier molecular flexibility index (Phi) is 4.61. The van der Waals surface area contributed by atoms with E-state index in [1.54, 1.807) is 6.07 Å². The van der Waals surface area contributed by atoms with Gasteiger partial charge in [-0.1, -0.05) is 26.0 Å². The Morgan fingerprint density at radius 3 is 3.00 bits per heavy atom. The van der Waals surface area contributed by atoms with Crippen molar-refractivity contribution in [3.05, 3.63) is 29.8 Å². The molecule has 0 aliphatic carbocycles. The van der Waals surface area contributed by atoms with E-state index in [-0.39, 0.29) is 0 Å². The first-order valence-corrected chi connectivity index (χ1v) is 6.87. The van der Waals surface area contributed by atoms with Gasteiger partial charge in [-0.25, -0.2) is 0 Å². The molecule has 1 atom stereocenters. The molecule has 1 aromatic carbocycles. The average Bonchev–Trinajstić information content (AvgIpc) is 2.28. The summed E-state index contributed by atoms with van der Waals surface area (Å²) in [4.78, 5) is 2.47. The molecule has 100 valence electrons. The van der Waals surface area contributed by atoms with Crippen LogP contribution < -0.4 is 5.32 Å². The van der Waals surface area contributed by atoms with Crippen LogP contribution in [0, 0.1) is 5.92 Å². The highest BCUT2D eigenvalue weighted by molar-refractivity contribution is 5.27. The highest BCUT2D eigenvalue weighted by atomic mass is 16.3. The smallest absolute Gasteiger partial charge is 0.115 e. The Hall–Kier alpha value is -1.06. The lowest BCUT2D eigenvalue weighted by Gasteiger charge is -2.34. The van der Waals surface area contributed by atoms with E-state index < -0.39 is 0 Å². The molecule has 0 radical (unpaired) electrons. The molecule has 2 N–H and O–H groups in total. The molecule has 1 heterocycles. The van der Waals surface area contributed by atoms with Gasteiger partial charge in [-0.2, -0.15) is 0 Å². The molecule has 1 aliphatic rings. The SMILES string of the molecule is CC(C)CC1CN(Cc2cccc(O)c2)CCN1. The van der Waals surface area contributed by atoms with E-state index in [1.807, 2.05) is 12.1 Å². The van der Waals surface area contributed by atoms with E-state index in [4.69, 9.17) is 0 Å². The van der Waals surface area contributed by atoms with Crippen LogP contribution in [0.4, 0.5) is 0 Å². The second kappa shape index (κ2) is 6.21. The molecule has 1 saturated heterocycles. The number of piperazine rings is 1. The molecule has 0 bridgehead atoms. The normalized spacial score (nSPS) is 21.4. The van der Waals surface area contributed by atoms with Gasteiger partial charge in [0.25, 0.3) is 0 Å². The van der Waals surface area contributed by atoms with Gasteiger partial charge in [0.2, 0.25) is 0 Å². The number of aromatic hydroxyl groups is 1. The molecule has 1 fully saturated rings. The van der Waals surface area contributed by atoms with Crippen LogP contribution in [0.25, 0.3) is 0 Å². The maximum atomic E-state index is 9.48. The van der Waals surface area contributed by atoms with E-state index in [0.29, 0.717) is 11.8 Å². The lowest BCUT2D eigenvalue weighted by molar-refractivity contribution is 0.179. The van der Waals surface area contributed by atoms with Crippen LogP contribution in [0.15, 0.2) is 24.3 Å². The first-order chi connectivity index (χ1) is 8.63. The van der Waals surface area contributed by atoms with Gasteiger partial charge in [-0.3, -0.25) is 4.90 Å². The van der Waals surface area contributed by atoms with Crippen LogP contribution in [0.2, 0.25) is 0 Å². The lowest BCUT2D eigenvalue weighted by atomic mass is 10.0. The zero-order valence-corrected chi connectivity index (χ0v) is 11.4. The van der Waals surface area contributed by atoms with E-state index in [2.05, 4.69) is 30.1 Å². The topological polar surface area (TPSA) is 35.5 Å². The van der Waals surface area contributed by atoms with Crippen molar-refractivity contribution in [2.24, 2.45) is 5.92 Å². The predicted molar refractivity (Wildman–Crippen MR) is 74.6 cm³/mol. The Morgan fingerprint density at radius 1 is 1.44 bits per heavy atom. The maximum Gasteiger partial charge on any atom is 0.115 e. The summed E-state index contributed by atoms with van der Waals surface area (Å²) in [6, 6.07) is 8.19. The zero-order chi connectivity index (χ0) is 13.0. The lowest BCUT2D eigenvalue weighted by Crippen LogP contribution is -2.50. The molecule has 18 heavy (non-hydrogen) atoms. The fourth-order valence-electron chi connectivity index (χ4n) is 2.68. The second-order valence-corrected chi connectivity index (χ2v) is 5.69. The summed E-state index contributed by atoms with van der Waals surface area (Å²) >= 11 is 0. The van der Waals surface area contributed by atoms with Crippen LogP contribution in [-0.2, 0) is 6.54 Å². The minimum atomic E-state index is 0.362. The summed E-state index contributed by atoms with van der Waals surface area (Å²) in [6.07, 6.45) is 1.23. The number of phenolic OH excluding ortho intramolecular Hbond substituents is 1. The largest absolute Gasteiger partial charge is 0.508 e. The van der Waals surface area contributed by atoms with Gasteiger partial charge in [-0.05, 0) is 30.0 Å². The number of hydrogen-bond donors (Lipinski definition) is 2. The predicted octanol–water partition coefficient (Wildman–Crippen LogP) is 2.21. The summed E-state index contributed by atoms with van der Waals surface area (Å²) in [6.45, 7) is 8.74. The molecule has 2 rings (SSSR count). The van der Waals surface area contributed by atoms with Crippen molar-refractivity contribution >= 4 is 0 Å². The van der Waals surface area contributed by atoms with Crippen LogP contribution in [0.5, 0.6) is 5.75 Å². The van der Waals surface area contributed by atoms with Gasteiger partial charge in [-0.15, -0.1) is 0 Å². The Morgan fingerprint density at radius 2 is 2.28 bits per heavy atom. The molecule has 0 saturated carbocycles. The highest BCUT2D eigenvalue weighted by Crippen LogP contribution is 2.15. The average molecular weight is 248 g/mol. The van der Waals surface area contributed by atoms with Crippen molar-refractivity contribution in [2.45, 2.75) is 32.9 Å². The molecular weight excluding hydrogens is 224 g/mol. The summed E-state index contributed by atoms with van der Waals surface area (Å²) in [5, 5.41) is 13.1. The van der Waals surface area contributed by atoms with Gasteiger partial charge in [0.15, 0.2) is 0 Å². The first kappa shape index (κ1) is 13.4. The molecule has 3 heteroatoms. The molecular formula is C15H24N2O. The van der Waals surface area contributed by atoms with Gasteiger partial charge < -0.3 is 10.4 Å². The fraction of sp³-hybridized carbons (Fsp3) is 0.600. The summed E-state index contributed by atoms with van der Waals surface area (Å²) < 4.78 is 0. The van der Waals surface area contributed by atoms with Crippen molar-refractivity contribution in [1.29, 1.82) is 0 Å². The molecule has 0 spiro atoms. The summed E-state index contributed by atoms with van der Waals surface area (Å²) in [5.74, 6) is 1.10. The third-order valence-electron chi connectivity index (χ3n) is 3.41. The van der Waals surface area contributed by atoms with Gasteiger partial charge in [0.05, 0.1) is 0 Å². The number of hydrogen-bond acceptors (Lipinski definition) is 3. The third-order valence-corrected chi connectivity index (χ3v) is 3.41. The molecule has 1 aromatic rings. The van der Waals surface area contributed by atoms with Crippen LogP contribution >= 0.6 is 0 Å². The molecule has 1 unspecified atom stereocenters. The van der Waals surface area contributed by atoms with E-state index in [0.717, 1.165) is 32.1 Å². The quantitative estimate of drug-likeness (QED) is 0.857. The first-order valence-electron chi connectivity index (χ1n) is 6.87. The Labute approximate surface area is 110 Å². The monoisotopic (exact) mass is 248 g/mol. The van der Waals surface area contributed by atoms with Crippen molar-refractivity contribution in [2.75, 3.05) is 19.6 Å². The number of rotatable bonds is 4.